The van der Waals surface area contributed by atoms with Gasteiger partial charge >= 0.3 is 5.97 Å². The van der Waals surface area contributed by atoms with E-state index in [-0.39, 0.29) is 17.0 Å². The zero-order valence-corrected chi connectivity index (χ0v) is 12.7. The lowest BCUT2D eigenvalue weighted by molar-refractivity contribution is -0.147. The maximum Gasteiger partial charge on any atom is 0.352 e. The quantitative estimate of drug-likeness (QED) is 0.722. The maximum atomic E-state index is 11.8. The minimum absolute atomic E-state index is 0.0728. The van der Waals surface area contributed by atoms with Gasteiger partial charge < -0.3 is 10.8 Å². The van der Waals surface area contributed by atoms with E-state index in [1.54, 1.807) is 10.3 Å². The van der Waals surface area contributed by atoms with E-state index in [1.807, 2.05) is 6.92 Å². The number of nitrogens with zero attached hydrogens (tertiary/aromatic N) is 4. The Kier molecular flexibility index (Phi) is 3.68. The molecule has 112 valence electrons. The molecule has 8 nitrogen and oxygen atoms in total. The molecule has 0 bridgehead atoms. The Morgan fingerprint density at radius 3 is 3.05 bits per heavy atom. The van der Waals surface area contributed by atoms with Gasteiger partial charge in [-0.25, -0.2) is 4.79 Å². The summed E-state index contributed by atoms with van der Waals surface area (Å²) in [6, 6.07) is -0.598. The van der Waals surface area contributed by atoms with Gasteiger partial charge in [0.25, 0.3) is 0 Å². The lowest BCUT2D eigenvalue weighted by Crippen LogP contribution is -2.68. The molecule has 1 unspecified atom stereocenters. The van der Waals surface area contributed by atoms with E-state index < -0.39 is 12.0 Å². The highest BCUT2D eigenvalue weighted by Gasteiger charge is 2.51. The number of β-lactam (4-membered cyclic amide) rings is 1. The first kappa shape index (κ1) is 14.4. The van der Waals surface area contributed by atoms with Crippen LogP contribution in [0, 0.1) is 6.92 Å². The number of amides is 1. The number of aromatic nitrogens is 3. The Morgan fingerprint density at radius 1 is 1.67 bits per heavy atom. The van der Waals surface area contributed by atoms with Crippen molar-refractivity contribution < 1.29 is 14.7 Å². The molecule has 0 saturated carbocycles. The predicted octanol–water partition coefficient (Wildman–Crippen LogP) is -0.336. The van der Waals surface area contributed by atoms with Crippen molar-refractivity contribution in [2.75, 3.05) is 11.5 Å². The first-order valence-corrected chi connectivity index (χ1v) is 8.15. The molecule has 3 N–H and O–H groups in total. The third-order valence-corrected chi connectivity index (χ3v) is 5.82. The molecule has 0 aromatic carbocycles. The van der Waals surface area contributed by atoms with Gasteiger partial charge in [-0.1, -0.05) is 0 Å². The molecular weight excluding hydrogens is 314 g/mol. The topological polar surface area (TPSA) is 114 Å². The maximum absolute atomic E-state index is 11.8. The minimum Gasteiger partial charge on any atom is -0.477 e. The van der Waals surface area contributed by atoms with Gasteiger partial charge in [-0.3, -0.25) is 13.7 Å². The third kappa shape index (κ3) is 2.32. The van der Waals surface area contributed by atoms with E-state index in [0.29, 0.717) is 17.1 Å². The standard InChI is InChI=1S/C11H13N5O3S2/c1-5-14-13-4-15(5)21-3-6-2-20-10-7(12)9(17)16(10)8(6)11(18)19/h4,7,10H,2-3,12H2,1H3,(H,18,19)/t7?,10-/m1/s1. The second-order valence-electron chi connectivity index (χ2n) is 4.67. The average Bonchev–Trinajstić information content (AvgIpc) is 2.88. The molecule has 3 heterocycles. The summed E-state index contributed by atoms with van der Waals surface area (Å²) in [5.41, 5.74) is 6.49. The van der Waals surface area contributed by atoms with Crippen LogP contribution in [0.5, 0.6) is 0 Å². The number of carbonyl (C=O) groups is 2. The summed E-state index contributed by atoms with van der Waals surface area (Å²) in [6.07, 6.45) is 1.57. The SMILES string of the molecule is Cc1nncn1SCC1=C(C(=O)O)N2C(=O)C(N)[C@H]2SC1. The number of carboxylic acids is 1. The van der Waals surface area contributed by atoms with Crippen molar-refractivity contribution in [2.24, 2.45) is 5.73 Å². The van der Waals surface area contributed by atoms with Crippen LogP contribution >= 0.6 is 23.7 Å². The molecule has 0 radical (unpaired) electrons. The zero-order chi connectivity index (χ0) is 15.1. The predicted molar refractivity (Wildman–Crippen MR) is 78.3 cm³/mol. The van der Waals surface area contributed by atoms with E-state index >= 15 is 0 Å². The normalized spacial score (nSPS) is 24.9. The van der Waals surface area contributed by atoms with Gasteiger partial charge in [0.05, 0.1) is 0 Å². The van der Waals surface area contributed by atoms with Gasteiger partial charge in [0.2, 0.25) is 5.91 Å². The largest absolute Gasteiger partial charge is 0.477 e. The monoisotopic (exact) mass is 327 g/mol. The zero-order valence-electron chi connectivity index (χ0n) is 11.1. The number of aliphatic carboxylic acids is 1. The molecule has 0 spiro atoms. The smallest absolute Gasteiger partial charge is 0.352 e. The van der Waals surface area contributed by atoms with E-state index in [0.717, 1.165) is 5.82 Å². The first-order chi connectivity index (χ1) is 10.0. The summed E-state index contributed by atoms with van der Waals surface area (Å²) in [4.78, 5) is 24.6. The number of nitrogens with two attached hydrogens (primary N) is 1. The van der Waals surface area contributed by atoms with Crippen LogP contribution in [0.15, 0.2) is 17.6 Å². The fraction of sp³-hybridized carbons (Fsp3) is 0.455. The molecule has 2 atom stereocenters. The fourth-order valence-corrected chi connectivity index (χ4v) is 4.54. The number of fused-ring (bicyclic) bond motifs is 1. The molecule has 10 heteroatoms. The molecule has 2 aliphatic heterocycles. The second kappa shape index (κ2) is 5.35. The van der Waals surface area contributed by atoms with Crippen LogP contribution in [0.25, 0.3) is 0 Å². The highest BCUT2D eigenvalue weighted by Crippen LogP contribution is 2.40. The summed E-state index contributed by atoms with van der Waals surface area (Å²) in [5, 5.41) is 16.8. The molecular formula is C11H13N5O3S2. The van der Waals surface area contributed by atoms with Crippen LogP contribution in [0.4, 0.5) is 0 Å². The molecule has 1 saturated heterocycles. The first-order valence-electron chi connectivity index (χ1n) is 6.16. The second-order valence-corrected chi connectivity index (χ2v) is 6.72. The lowest BCUT2D eigenvalue weighted by Gasteiger charge is -2.48. The number of hydrogen-bond donors (Lipinski definition) is 2. The molecule has 0 aliphatic carbocycles. The van der Waals surface area contributed by atoms with Crippen LogP contribution in [0.2, 0.25) is 0 Å². The van der Waals surface area contributed by atoms with Gasteiger partial charge in [0, 0.05) is 11.5 Å². The molecule has 3 rings (SSSR count). The van der Waals surface area contributed by atoms with Gasteiger partial charge in [0.15, 0.2) is 0 Å². The van der Waals surface area contributed by atoms with Crippen molar-refractivity contribution >= 4 is 35.6 Å². The summed E-state index contributed by atoms with van der Waals surface area (Å²) in [6.45, 7) is 1.82. The Morgan fingerprint density at radius 2 is 2.43 bits per heavy atom. The summed E-state index contributed by atoms with van der Waals surface area (Å²) < 4.78 is 1.77. The van der Waals surface area contributed by atoms with Crippen LogP contribution in [-0.4, -0.2) is 59.0 Å². The van der Waals surface area contributed by atoms with Gasteiger partial charge in [-0.2, -0.15) is 0 Å². The highest BCUT2D eigenvalue weighted by atomic mass is 32.2. The van der Waals surface area contributed by atoms with Gasteiger partial charge in [-0.15, -0.1) is 22.0 Å². The summed E-state index contributed by atoms with van der Waals surface area (Å²) >= 11 is 2.90. The number of carboxylic acid groups (broad SMARTS) is 1. The van der Waals surface area contributed by atoms with E-state index in [9.17, 15) is 14.7 Å². The molecule has 1 amide bonds. The Hall–Kier alpha value is -1.52. The third-order valence-electron chi connectivity index (χ3n) is 3.35. The Balaban J connectivity index is 1.83. The van der Waals surface area contributed by atoms with E-state index in [1.165, 1.54) is 28.6 Å². The highest BCUT2D eigenvalue weighted by molar-refractivity contribution is 8.00. The average molecular weight is 327 g/mol. The summed E-state index contributed by atoms with van der Waals surface area (Å²) in [5.74, 6) is 0.335. The molecule has 2 aliphatic rings. The molecule has 21 heavy (non-hydrogen) atoms. The number of rotatable bonds is 4. The number of thioether (sulfide) groups is 1. The Labute approximate surface area is 128 Å². The fourth-order valence-electron chi connectivity index (χ4n) is 2.25. The van der Waals surface area contributed by atoms with Crippen molar-refractivity contribution in [3.8, 4) is 0 Å². The lowest BCUT2D eigenvalue weighted by atomic mass is 10.0. The van der Waals surface area contributed by atoms with Crippen molar-refractivity contribution in [1.82, 2.24) is 19.1 Å². The Bertz CT molecular complexity index is 644. The molecule has 1 aromatic heterocycles. The number of aryl methyl sites for hydroxylation is 1. The van der Waals surface area contributed by atoms with Gasteiger partial charge in [-0.05, 0) is 24.4 Å². The van der Waals surface area contributed by atoms with Crippen LogP contribution < -0.4 is 5.73 Å². The molecule has 1 aromatic rings. The van der Waals surface area contributed by atoms with Crippen LogP contribution in [0.1, 0.15) is 5.82 Å². The van der Waals surface area contributed by atoms with Crippen molar-refractivity contribution in [1.29, 1.82) is 0 Å². The van der Waals surface area contributed by atoms with E-state index in [2.05, 4.69) is 10.2 Å². The van der Waals surface area contributed by atoms with Crippen LogP contribution in [0.3, 0.4) is 0 Å². The number of carbonyl (C=O) groups excluding carboxylic acids is 1. The van der Waals surface area contributed by atoms with E-state index in [4.69, 9.17) is 5.73 Å². The molecule has 1 fully saturated rings. The van der Waals surface area contributed by atoms with Crippen molar-refractivity contribution in [3.63, 3.8) is 0 Å². The van der Waals surface area contributed by atoms with Crippen molar-refractivity contribution in [2.45, 2.75) is 18.3 Å². The summed E-state index contributed by atoms with van der Waals surface area (Å²) in [7, 11) is 0. The minimum atomic E-state index is -1.09. The van der Waals surface area contributed by atoms with Crippen molar-refractivity contribution in [3.05, 3.63) is 23.4 Å². The number of hydrogen-bond acceptors (Lipinski definition) is 7. The van der Waals surface area contributed by atoms with Gasteiger partial charge in [0.1, 0.15) is 29.3 Å². The van der Waals surface area contributed by atoms with Crippen LogP contribution in [-0.2, 0) is 9.59 Å².